The van der Waals surface area contributed by atoms with Crippen LogP contribution in [0, 0.1) is 34.5 Å². The van der Waals surface area contributed by atoms with E-state index in [2.05, 4.69) is 0 Å². The lowest BCUT2D eigenvalue weighted by Crippen LogP contribution is -2.33. The third-order valence-corrected chi connectivity index (χ3v) is 5.33. The fourth-order valence-corrected chi connectivity index (χ4v) is 3.65. The summed E-state index contributed by atoms with van der Waals surface area (Å²) in [5.74, 6) is -9.13. The molecular formula is C18H15ClF5NO4S. The maximum atomic E-state index is 14.3. The van der Waals surface area contributed by atoms with Crippen molar-refractivity contribution in [2.45, 2.75) is 25.7 Å². The molecule has 12 heteroatoms. The zero-order chi connectivity index (χ0) is 23.0. The first-order valence-electron chi connectivity index (χ1n) is 8.16. The molecule has 0 radical (unpaired) electrons. The van der Waals surface area contributed by atoms with Gasteiger partial charge in [-0.1, -0.05) is 32.4 Å². The van der Waals surface area contributed by atoms with Gasteiger partial charge in [-0.2, -0.15) is 0 Å². The number of amides is 1. The Morgan fingerprint density at radius 2 is 1.60 bits per heavy atom. The van der Waals surface area contributed by atoms with E-state index in [1.807, 2.05) is 0 Å². The molecule has 0 atom stereocenters. The number of ether oxygens (including phenoxy) is 1. The van der Waals surface area contributed by atoms with E-state index in [0.717, 1.165) is 0 Å². The van der Waals surface area contributed by atoms with Crippen LogP contribution in [0.15, 0.2) is 23.1 Å². The highest BCUT2D eigenvalue weighted by Gasteiger charge is 2.28. The van der Waals surface area contributed by atoms with E-state index in [0.29, 0.717) is 12.1 Å². The molecule has 0 aliphatic heterocycles. The summed E-state index contributed by atoms with van der Waals surface area (Å²) in [7, 11) is -4.78. The SMILES string of the molecule is CC(C)(C)COC(=O)NS(=O)(=O)c1cc(-c2c(F)cc(F)c(F)c2F)c(F)cc1Cl. The van der Waals surface area contributed by atoms with Gasteiger partial charge < -0.3 is 4.74 Å². The molecule has 0 saturated heterocycles. The summed E-state index contributed by atoms with van der Waals surface area (Å²) in [4.78, 5) is 10.8. The molecule has 0 unspecified atom stereocenters. The summed E-state index contributed by atoms with van der Waals surface area (Å²) in [6.07, 6.45) is -1.38. The molecule has 0 fully saturated rings. The Bertz CT molecular complexity index is 1120. The maximum absolute atomic E-state index is 14.3. The molecule has 30 heavy (non-hydrogen) atoms. The Balaban J connectivity index is 2.52. The van der Waals surface area contributed by atoms with Gasteiger partial charge in [0.25, 0.3) is 10.0 Å². The van der Waals surface area contributed by atoms with Crippen molar-refractivity contribution in [2.75, 3.05) is 6.61 Å². The van der Waals surface area contributed by atoms with Gasteiger partial charge in [-0.05, 0) is 17.5 Å². The number of hydrogen-bond donors (Lipinski definition) is 1. The van der Waals surface area contributed by atoms with Gasteiger partial charge in [0.2, 0.25) is 0 Å². The summed E-state index contributed by atoms with van der Waals surface area (Å²) in [5.41, 5.74) is -2.89. The molecule has 1 amide bonds. The molecule has 0 aromatic heterocycles. The van der Waals surface area contributed by atoms with Crippen molar-refractivity contribution in [3.63, 3.8) is 0 Å². The van der Waals surface area contributed by atoms with Crippen molar-refractivity contribution in [1.29, 1.82) is 0 Å². The summed E-state index contributed by atoms with van der Waals surface area (Å²) < 4.78 is 100. The molecule has 2 aromatic carbocycles. The van der Waals surface area contributed by atoms with E-state index in [1.165, 1.54) is 4.72 Å². The summed E-state index contributed by atoms with van der Waals surface area (Å²) >= 11 is 5.71. The molecule has 2 aromatic rings. The standard InChI is InChI=1S/C18H15ClF5NO4S/c1-18(2,3)7-29-17(26)25-30(27,28)13-4-8(10(20)5-9(13)19)14-11(21)6-12(22)15(23)16(14)24/h4-6H,7H2,1-3H3,(H,25,26). The summed E-state index contributed by atoms with van der Waals surface area (Å²) in [6, 6.07) is 0.750. The fourth-order valence-electron chi connectivity index (χ4n) is 2.22. The van der Waals surface area contributed by atoms with Crippen LogP contribution in [0.25, 0.3) is 11.1 Å². The average molecular weight is 472 g/mol. The molecule has 0 spiro atoms. The largest absolute Gasteiger partial charge is 0.448 e. The Kier molecular flexibility index (Phi) is 6.67. The van der Waals surface area contributed by atoms with Gasteiger partial charge in [0.1, 0.15) is 16.5 Å². The minimum atomic E-state index is -4.78. The quantitative estimate of drug-likeness (QED) is 0.379. The van der Waals surface area contributed by atoms with Crippen molar-refractivity contribution < 1.29 is 39.9 Å². The van der Waals surface area contributed by atoms with Crippen LogP contribution in [0.4, 0.5) is 26.7 Å². The molecule has 0 bridgehead atoms. The Morgan fingerprint density at radius 1 is 1.00 bits per heavy atom. The molecule has 1 N–H and O–H groups in total. The lowest BCUT2D eigenvalue weighted by molar-refractivity contribution is 0.111. The topological polar surface area (TPSA) is 72.5 Å². The van der Waals surface area contributed by atoms with Gasteiger partial charge >= 0.3 is 6.09 Å². The number of carbonyl (C=O) groups is 1. The molecule has 2 rings (SSSR count). The van der Waals surface area contributed by atoms with Crippen LogP contribution in [-0.2, 0) is 14.8 Å². The maximum Gasteiger partial charge on any atom is 0.421 e. The lowest BCUT2D eigenvalue weighted by atomic mass is 9.99. The zero-order valence-electron chi connectivity index (χ0n) is 15.7. The highest BCUT2D eigenvalue weighted by Crippen LogP contribution is 2.35. The minimum Gasteiger partial charge on any atom is -0.448 e. The first-order chi connectivity index (χ1) is 13.6. The fraction of sp³-hybridized carbons (Fsp3) is 0.278. The van der Waals surface area contributed by atoms with E-state index in [4.69, 9.17) is 16.3 Å². The lowest BCUT2D eigenvalue weighted by Gasteiger charge is -2.18. The summed E-state index contributed by atoms with van der Waals surface area (Å²) in [6.45, 7) is 4.98. The van der Waals surface area contributed by atoms with Crippen LogP contribution in [0.2, 0.25) is 5.02 Å². The molecule has 164 valence electrons. The Hall–Kier alpha value is -2.40. The zero-order valence-corrected chi connectivity index (χ0v) is 17.3. The molecule has 0 aliphatic rings. The second-order valence-electron chi connectivity index (χ2n) is 7.35. The predicted molar refractivity (Wildman–Crippen MR) is 97.8 cm³/mol. The first-order valence-corrected chi connectivity index (χ1v) is 10.0. The third kappa shape index (κ3) is 5.20. The number of carbonyl (C=O) groups excluding carboxylic acids is 1. The van der Waals surface area contributed by atoms with Gasteiger partial charge in [0.15, 0.2) is 17.5 Å². The second-order valence-corrected chi connectivity index (χ2v) is 9.41. The highest BCUT2D eigenvalue weighted by molar-refractivity contribution is 7.90. The molecular weight excluding hydrogens is 457 g/mol. The van der Waals surface area contributed by atoms with Crippen molar-refractivity contribution in [3.05, 3.63) is 52.3 Å². The van der Waals surface area contributed by atoms with Crippen molar-refractivity contribution in [2.24, 2.45) is 5.41 Å². The van der Waals surface area contributed by atoms with Gasteiger partial charge in [0, 0.05) is 11.6 Å². The van der Waals surface area contributed by atoms with Crippen LogP contribution >= 0.6 is 11.6 Å². The highest BCUT2D eigenvalue weighted by atomic mass is 35.5. The molecule has 0 heterocycles. The number of hydrogen-bond acceptors (Lipinski definition) is 4. The number of sulfonamides is 1. The monoisotopic (exact) mass is 471 g/mol. The smallest absolute Gasteiger partial charge is 0.421 e. The van der Waals surface area contributed by atoms with E-state index >= 15 is 0 Å². The number of rotatable bonds is 4. The minimum absolute atomic E-state index is 0.0297. The van der Waals surface area contributed by atoms with Crippen molar-refractivity contribution in [3.8, 4) is 11.1 Å². The van der Waals surface area contributed by atoms with E-state index < -0.39 is 71.7 Å². The first kappa shape index (κ1) is 23.9. The molecule has 0 saturated carbocycles. The van der Waals surface area contributed by atoms with E-state index in [1.54, 1.807) is 20.8 Å². The van der Waals surface area contributed by atoms with Gasteiger partial charge in [-0.15, -0.1) is 0 Å². The van der Waals surface area contributed by atoms with Gasteiger partial charge in [-0.25, -0.2) is 39.9 Å². The Labute approximate surface area is 173 Å². The van der Waals surface area contributed by atoms with Gasteiger partial charge in [0.05, 0.1) is 17.2 Å². The number of nitrogens with one attached hydrogen (secondary N) is 1. The Morgan fingerprint density at radius 3 is 2.17 bits per heavy atom. The van der Waals surface area contributed by atoms with E-state index in [9.17, 15) is 35.2 Å². The van der Waals surface area contributed by atoms with Crippen LogP contribution in [0.3, 0.4) is 0 Å². The van der Waals surface area contributed by atoms with Crippen molar-refractivity contribution >= 4 is 27.7 Å². The third-order valence-electron chi connectivity index (χ3n) is 3.55. The molecule has 0 aliphatic carbocycles. The molecule has 5 nitrogen and oxygen atoms in total. The number of benzene rings is 2. The number of halogens is 6. The summed E-state index contributed by atoms with van der Waals surface area (Å²) in [5, 5.41) is -0.740. The van der Waals surface area contributed by atoms with Crippen LogP contribution < -0.4 is 4.72 Å². The average Bonchev–Trinajstić information content (AvgIpc) is 2.58. The normalized spacial score (nSPS) is 12.0. The van der Waals surface area contributed by atoms with Crippen molar-refractivity contribution in [1.82, 2.24) is 4.72 Å². The predicted octanol–water partition coefficient (Wildman–Crippen LogP) is 5.16. The van der Waals surface area contributed by atoms with Gasteiger partial charge in [-0.3, -0.25) is 0 Å². The van der Waals surface area contributed by atoms with Crippen LogP contribution in [0.5, 0.6) is 0 Å². The van der Waals surface area contributed by atoms with Crippen LogP contribution in [-0.4, -0.2) is 21.1 Å². The van der Waals surface area contributed by atoms with E-state index in [-0.39, 0.29) is 12.7 Å². The second kappa shape index (κ2) is 8.38. The van der Waals surface area contributed by atoms with Crippen LogP contribution in [0.1, 0.15) is 20.8 Å².